The molecule has 0 aliphatic carbocycles. The van der Waals surface area contributed by atoms with Crippen molar-refractivity contribution in [3.8, 4) is 11.5 Å². The van der Waals surface area contributed by atoms with Crippen molar-refractivity contribution in [3.63, 3.8) is 0 Å². The Labute approximate surface area is 181 Å². The summed E-state index contributed by atoms with van der Waals surface area (Å²) in [6.45, 7) is 13.2. The number of rotatable bonds is 5. The summed E-state index contributed by atoms with van der Waals surface area (Å²) in [5, 5.41) is 0. The SMILES string of the molecule is CCCOc1cncc(CC)c1C.COc1cnccc1C.Cc1cccnc1C. The monoisotopic (exact) mass is 409 g/mol. The lowest BCUT2D eigenvalue weighted by Crippen LogP contribution is -1.99. The van der Waals surface area contributed by atoms with Crippen molar-refractivity contribution in [1.82, 2.24) is 15.0 Å². The van der Waals surface area contributed by atoms with Crippen LogP contribution in [0.4, 0.5) is 0 Å². The number of aryl methyl sites for hydroxylation is 4. The smallest absolute Gasteiger partial charge is 0.140 e. The van der Waals surface area contributed by atoms with Gasteiger partial charge in [-0.15, -0.1) is 0 Å². The van der Waals surface area contributed by atoms with Gasteiger partial charge in [-0.3, -0.25) is 15.0 Å². The van der Waals surface area contributed by atoms with Gasteiger partial charge in [0.05, 0.1) is 26.1 Å². The van der Waals surface area contributed by atoms with Crippen LogP contribution in [0.2, 0.25) is 0 Å². The summed E-state index contributed by atoms with van der Waals surface area (Å²) in [5.74, 6) is 1.78. The van der Waals surface area contributed by atoms with Crippen molar-refractivity contribution >= 4 is 0 Å². The standard InChI is InChI=1S/C11H17NO.C7H9NO.C7H9N/c1-4-6-13-11-8-12-7-10(5-2)9(11)3;1-6-3-4-8-5-7(6)9-2;1-6-4-3-5-8-7(6)2/h7-8H,4-6H2,1-3H3;3-5H,1-2H3;3-5H,1-2H3. The van der Waals surface area contributed by atoms with Crippen LogP contribution >= 0.6 is 0 Å². The molecule has 5 heteroatoms. The number of nitrogens with zero attached hydrogens (tertiary/aromatic N) is 3. The first-order valence-electron chi connectivity index (χ1n) is 10.3. The Balaban J connectivity index is 0.000000234. The van der Waals surface area contributed by atoms with Crippen LogP contribution in [0, 0.1) is 27.7 Å². The quantitative estimate of drug-likeness (QED) is 0.530. The van der Waals surface area contributed by atoms with Gasteiger partial charge in [0.25, 0.3) is 0 Å². The van der Waals surface area contributed by atoms with E-state index in [0.29, 0.717) is 0 Å². The Bertz CT molecular complexity index is 861. The predicted molar refractivity (Wildman–Crippen MR) is 123 cm³/mol. The predicted octanol–water partition coefficient (Wildman–Crippen LogP) is 5.84. The third-order valence-electron chi connectivity index (χ3n) is 4.60. The Morgan fingerprint density at radius 3 is 2.07 bits per heavy atom. The molecule has 3 rings (SSSR count). The molecule has 0 aliphatic heterocycles. The van der Waals surface area contributed by atoms with Gasteiger partial charge >= 0.3 is 0 Å². The molecule has 30 heavy (non-hydrogen) atoms. The van der Waals surface area contributed by atoms with E-state index in [1.54, 1.807) is 25.7 Å². The first-order valence-corrected chi connectivity index (χ1v) is 10.3. The molecule has 3 aromatic heterocycles. The van der Waals surface area contributed by atoms with Gasteiger partial charge in [0.15, 0.2) is 0 Å². The molecule has 0 fully saturated rings. The minimum Gasteiger partial charge on any atom is -0.495 e. The zero-order valence-corrected chi connectivity index (χ0v) is 19.4. The van der Waals surface area contributed by atoms with Gasteiger partial charge in [-0.2, -0.15) is 0 Å². The van der Waals surface area contributed by atoms with Crippen LogP contribution in [0.1, 0.15) is 48.2 Å². The fourth-order valence-electron chi connectivity index (χ4n) is 2.49. The number of hydrogen-bond donors (Lipinski definition) is 0. The number of aromatic nitrogens is 3. The maximum absolute atomic E-state index is 5.57. The number of ether oxygens (including phenoxy) is 2. The summed E-state index contributed by atoms with van der Waals surface area (Å²) in [6, 6.07) is 5.92. The molecule has 0 radical (unpaired) electrons. The average Bonchev–Trinajstić information content (AvgIpc) is 2.76. The lowest BCUT2D eigenvalue weighted by molar-refractivity contribution is 0.313. The second kappa shape index (κ2) is 14.1. The van der Waals surface area contributed by atoms with E-state index in [-0.39, 0.29) is 0 Å². The summed E-state index contributed by atoms with van der Waals surface area (Å²) in [5.41, 5.74) is 5.99. The summed E-state index contributed by atoms with van der Waals surface area (Å²) < 4.78 is 10.5. The molecule has 0 N–H and O–H groups in total. The van der Waals surface area contributed by atoms with E-state index in [0.717, 1.165) is 42.2 Å². The molecule has 0 aromatic carbocycles. The van der Waals surface area contributed by atoms with E-state index in [4.69, 9.17) is 9.47 Å². The lowest BCUT2D eigenvalue weighted by atomic mass is 10.1. The molecular formula is C25H35N3O2. The van der Waals surface area contributed by atoms with Gasteiger partial charge < -0.3 is 9.47 Å². The molecule has 3 aromatic rings. The number of methoxy groups -OCH3 is 1. The molecular weight excluding hydrogens is 374 g/mol. The summed E-state index contributed by atoms with van der Waals surface area (Å²) in [4.78, 5) is 12.1. The average molecular weight is 410 g/mol. The minimum atomic E-state index is 0.773. The fourth-order valence-corrected chi connectivity index (χ4v) is 2.49. The van der Waals surface area contributed by atoms with E-state index in [2.05, 4.69) is 48.7 Å². The highest BCUT2D eigenvalue weighted by atomic mass is 16.5. The summed E-state index contributed by atoms with van der Waals surface area (Å²) in [7, 11) is 1.64. The summed E-state index contributed by atoms with van der Waals surface area (Å²) in [6.07, 6.45) is 11.0. The van der Waals surface area contributed by atoms with Crippen LogP contribution in [-0.2, 0) is 6.42 Å². The molecule has 3 heterocycles. The molecule has 0 saturated carbocycles. The Hall–Kier alpha value is -2.95. The zero-order valence-electron chi connectivity index (χ0n) is 19.4. The zero-order chi connectivity index (χ0) is 22.4. The first kappa shape index (κ1) is 25.1. The van der Waals surface area contributed by atoms with Crippen LogP contribution in [0.5, 0.6) is 11.5 Å². The van der Waals surface area contributed by atoms with Crippen molar-refractivity contribution in [2.75, 3.05) is 13.7 Å². The van der Waals surface area contributed by atoms with Crippen LogP contribution in [0.25, 0.3) is 0 Å². The van der Waals surface area contributed by atoms with Crippen LogP contribution < -0.4 is 9.47 Å². The van der Waals surface area contributed by atoms with Gasteiger partial charge in [0, 0.05) is 24.3 Å². The molecule has 5 nitrogen and oxygen atoms in total. The highest BCUT2D eigenvalue weighted by molar-refractivity contribution is 5.35. The Kier molecular flexibility index (Phi) is 11.8. The molecule has 0 aliphatic rings. The van der Waals surface area contributed by atoms with Crippen molar-refractivity contribution < 1.29 is 9.47 Å². The largest absolute Gasteiger partial charge is 0.495 e. The van der Waals surface area contributed by atoms with Crippen LogP contribution in [0.15, 0.2) is 49.2 Å². The number of hydrogen-bond acceptors (Lipinski definition) is 5. The van der Waals surface area contributed by atoms with Gasteiger partial charge in [-0.25, -0.2) is 0 Å². The van der Waals surface area contributed by atoms with E-state index in [1.165, 1.54) is 16.7 Å². The lowest BCUT2D eigenvalue weighted by Gasteiger charge is -2.09. The van der Waals surface area contributed by atoms with Crippen molar-refractivity contribution in [3.05, 3.63) is 77.1 Å². The molecule has 0 spiro atoms. The van der Waals surface area contributed by atoms with Gasteiger partial charge in [-0.1, -0.05) is 19.9 Å². The third-order valence-corrected chi connectivity index (χ3v) is 4.60. The van der Waals surface area contributed by atoms with E-state index < -0.39 is 0 Å². The first-order chi connectivity index (χ1) is 14.4. The van der Waals surface area contributed by atoms with E-state index in [9.17, 15) is 0 Å². The van der Waals surface area contributed by atoms with E-state index >= 15 is 0 Å². The Morgan fingerprint density at radius 1 is 0.833 bits per heavy atom. The third kappa shape index (κ3) is 8.60. The minimum absolute atomic E-state index is 0.773. The molecule has 0 amide bonds. The number of pyridine rings is 3. The van der Waals surface area contributed by atoms with Gasteiger partial charge in [-0.05, 0) is 74.9 Å². The van der Waals surface area contributed by atoms with Crippen molar-refractivity contribution in [2.24, 2.45) is 0 Å². The fraction of sp³-hybridized carbons (Fsp3) is 0.400. The van der Waals surface area contributed by atoms with Crippen LogP contribution in [0.3, 0.4) is 0 Å². The molecule has 0 bridgehead atoms. The van der Waals surface area contributed by atoms with Crippen molar-refractivity contribution in [1.29, 1.82) is 0 Å². The maximum Gasteiger partial charge on any atom is 0.140 e. The second-order valence-corrected chi connectivity index (χ2v) is 6.87. The van der Waals surface area contributed by atoms with E-state index in [1.807, 2.05) is 38.4 Å². The molecule has 0 saturated heterocycles. The second-order valence-electron chi connectivity index (χ2n) is 6.87. The van der Waals surface area contributed by atoms with Crippen LogP contribution in [-0.4, -0.2) is 28.7 Å². The normalized spacial score (nSPS) is 9.57. The summed E-state index contributed by atoms with van der Waals surface area (Å²) >= 11 is 0. The van der Waals surface area contributed by atoms with Gasteiger partial charge in [0.1, 0.15) is 11.5 Å². The molecule has 0 unspecified atom stereocenters. The topological polar surface area (TPSA) is 57.1 Å². The molecule has 162 valence electrons. The molecule has 0 atom stereocenters. The van der Waals surface area contributed by atoms with Gasteiger partial charge in [0.2, 0.25) is 0 Å². The Morgan fingerprint density at radius 2 is 1.57 bits per heavy atom. The highest BCUT2D eigenvalue weighted by Crippen LogP contribution is 2.20. The highest BCUT2D eigenvalue weighted by Gasteiger charge is 2.03. The van der Waals surface area contributed by atoms with Crippen molar-refractivity contribution in [2.45, 2.75) is 54.4 Å². The maximum atomic E-state index is 5.57.